The van der Waals surface area contributed by atoms with Gasteiger partial charge < -0.3 is 9.47 Å². The average molecular weight is 406 g/mol. The van der Waals surface area contributed by atoms with Crippen molar-refractivity contribution in [1.82, 2.24) is 4.90 Å². The number of carbonyl (C=O) groups excluding carboxylic acids is 1. The number of alkyl halides is 2. The first-order chi connectivity index (χ1) is 13.6. The molecule has 3 rings (SSSR count). The SMILES string of the molecule is CCOc1ccc(N=C2SCCCN2C(=O)c2cccc(OC(F)F)c2)cc1. The molecule has 0 aliphatic carbocycles. The third-order valence-corrected chi connectivity index (χ3v) is 4.97. The van der Waals surface area contributed by atoms with Gasteiger partial charge in [-0.2, -0.15) is 8.78 Å². The van der Waals surface area contributed by atoms with E-state index in [2.05, 4.69) is 9.73 Å². The first-order valence-corrected chi connectivity index (χ1v) is 9.86. The molecule has 5 nitrogen and oxygen atoms in total. The topological polar surface area (TPSA) is 51.1 Å². The predicted molar refractivity (Wildman–Crippen MR) is 106 cm³/mol. The number of thioether (sulfide) groups is 1. The van der Waals surface area contributed by atoms with Crippen LogP contribution in [-0.2, 0) is 0 Å². The van der Waals surface area contributed by atoms with Crippen LogP contribution in [0.3, 0.4) is 0 Å². The normalized spacial score (nSPS) is 15.7. The second kappa shape index (κ2) is 9.54. The minimum Gasteiger partial charge on any atom is -0.494 e. The van der Waals surface area contributed by atoms with Crippen LogP contribution in [0.4, 0.5) is 14.5 Å². The number of aliphatic imine (C=N–C) groups is 1. The fraction of sp³-hybridized carbons (Fsp3) is 0.300. The van der Waals surface area contributed by atoms with E-state index < -0.39 is 6.61 Å². The van der Waals surface area contributed by atoms with Gasteiger partial charge in [0.1, 0.15) is 11.5 Å². The van der Waals surface area contributed by atoms with Crippen LogP contribution in [0.1, 0.15) is 23.7 Å². The highest BCUT2D eigenvalue weighted by molar-refractivity contribution is 8.13. The number of nitrogens with zero attached hydrogens (tertiary/aromatic N) is 2. The van der Waals surface area contributed by atoms with Gasteiger partial charge in [0, 0.05) is 17.9 Å². The molecule has 2 aromatic rings. The van der Waals surface area contributed by atoms with Crippen LogP contribution in [0.2, 0.25) is 0 Å². The zero-order valence-electron chi connectivity index (χ0n) is 15.3. The summed E-state index contributed by atoms with van der Waals surface area (Å²) in [5, 5.41) is 0.584. The molecule has 2 aromatic carbocycles. The minimum absolute atomic E-state index is 0.0458. The van der Waals surface area contributed by atoms with E-state index in [1.165, 1.54) is 30.0 Å². The van der Waals surface area contributed by atoms with Crippen LogP contribution >= 0.6 is 11.8 Å². The molecule has 0 N–H and O–H groups in total. The Labute approximate surface area is 166 Å². The molecule has 0 spiro atoms. The van der Waals surface area contributed by atoms with E-state index in [-0.39, 0.29) is 17.2 Å². The molecule has 8 heteroatoms. The third kappa shape index (κ3) is 5.22. The lowest BCUT2D eigenvalue weighted by Crippen LogP contribution is -2.39. The Morgan fingerprint density at radius 1 is 1.21 bits per heavy atom. The fourth-order valence-electron chi connectivity index (χ4n) is 2.70. The van der Waals surface area contributed by atoms with E-state index >= 15 is 0 Å². The zero-order chi connectivity index (χ0) is 19.9. The molecular weight excluding hydrogens is 386 g/mol. The van der Waals surface area contributed by atoms with Crippen molar-refractivity contribution in [2.75, 3.05) is 18.9 Å². The van der Waals surface area contributed by atoms with Gasteiger partial charge in [-0.15, -0.1) is 0 Å². The molecular formula is C20H20F2N2O3S. The largest absolute Gasteiger partial charge is 0.494 e. The second-order valence-corrected chi connectivity index (χ2v) is 6.95. The van der Waals surface area contributed by atoms with Gasteiger partial charge in [0.05, 0.1) is 12.3 Å². The van der Waals surface area contributed by atoms with Crippen molar-refractivity contribution in [2.24, 2.45) is 4.99 Å². The smallest absolute Gasteiger partial charge is 0.387 e. The summed E-state index contributed by atoms with van der Waals surface area (Å²) in [6.07, 6.45) is 0.825. The van der Waals surface area contributed by atoms with Crippen molar-refractivity contribution in [3.63, 3.8) is 0 Å². The van der Waals surface area contributed by atoms with Gasteiger partial charge in [0.2, 0.25) is 0 Å². The molecule has 1 saturated heterocycles. The number of rotatable bonds is 6. The van der Waals surface area contributed by atoms with E-state index in [1.807, 2.05) is 31.2 Å². The fourth-order valence-corrected chi connectivity index (χ4v) is 3.65. The Bertz CT molecular complexity index is 844. The van der Waals surface area contributed by atoms with Crippen molar-refractivity contribution >= 4 is 28.5 Å². The van der Waals surface area contributed by atoms with E-state index in [9.17, 15) is 13.6 Å². The number of halogens is 2. The Hall–Kier alpha value is -2.61. The molecule has 0 saturated carbocycles. The Morgan fingerprint density at radius 3 is 2.71 bits per heavy atom. The highest BCUT2D eigenvalue weighted by Gasteiger charge is 2.25. The highest BCUT2D eigenvalue weighted by atomic mass is 32.2. The molecule has 28 heavy (non-hydrogen) atoms. The molecule has 1 aliphatic heterocycles. The van der Waals surface area contributed by atoms with E-state index in [1.54, 1.807) is 11.0 Å². The molecule has 1 amide bonds. The lowest BCUT2D eigenvalue weighted by molar-refractivity contribution is -0.0498. The summed E-state index contributed by atoms with van der Waals surface area (Å²) in [5.74, 6) is 1.27. The second-order valence-electron chi connectivity index (χ2n) is 5.89. The van der Waals surface area contributed by atoms with Crippen molar-refractivity contribution < 1.29 is 23.0 Å². The van der Waals surface area contributed by atoms with Gasteiger partial charge in [0.25, 0.3) is 5.91 Å². The summed E-state index contributed by atoms with van der Waals surface area (Å²) >= 11 is 1.49. The summed E-state index contributed by atoms with van der Waals surface area (Å²) < 4.78 is 34.7. The number of amides is 1. The average Bonchev–Trinajstić information content (AvgIpc) is 2.69. The number of ether oxygens (including phenoxy) is 2. The van der Waals surface area contributed by atoms with Crippen LogP contribution in [0, 0.1) is 0 Å². The predicted octanol–water partition coefficient (Wildman–Crippen LogP) is 4.95. The van der Waals surface area contributed by atoms with E-state index in [0.717, 1.165) is 17.9 Å². The quantitative estimate of drug-likeness (QED) is 0.681. The summed E-state index contributed by atoms with van der Waals surface area (Å²) in [6.45, 7) is 0.0762. The van der Waals surface area contributed by atoms with Gasteiger partial charge in [-0.1, -0.05) is 17.8 Å². The third-order valence-electron chi connectivity index (χ3n) is 3.91. The lowest BCUT2D eigenvalue weighted by Gasteiger charge is -2.28. The van der Waals surface area contributed by atoms with Gasteiger partial charge in [0.15, 0.2) is 5.17 Å². The summed E-state index contributed by atoms with van der Waals surface area (Å²) in [4.78, 5) is 19.1. The van der Waals surface area contributed by atoms with E-state index in [0.29, 0.717) is 24.0 Å². The molecule has 0 aromatic heterocycles. The summed E-state index contributed by atoms with van der Waals surface area (Å²) in [7, 11) is 0. The van der Waals surface area contributed by atoms with Gasteiger partial charge >= 0.3 is 6.61 Å². The maximum absolute atomic E-state index is 12.9. The van der Waals surface area contributed by atoms with Crippen LogP contribution in [0.25, 0.3) is 0 Å². The maximum atomic E-state index is 12.9. The molecule has 0 bridgehead atoms. The number of hydrogen-bond acceptors (Lipinski definition) is 5. The first kappa shape index (κ1) is 20.1. The van der Waals surface area contributed by atoms with Crippen LogP contribution in [0.5, 0.6) is 11.5 Å². The molecule has 0 unspecified atom stereocenters. The Balaban J connectivity index is 1.81. The monoisotopic (exact) mass is 406 g/mol. The van der Waals surface area contributed by atoms with Gasteiger partial charge in [-0.05, 0) is 55.8 Å². The number of amidine groups is 1. The number of carbonyl (C=O) groups is 1. The molecule has 148 valence electrons. The van der Waals surface area contributed by atoms with Gasteiger partial charge in [-0.25, -0.2) is 4.99 Å². The molecule has 0 radical (unpaired) electrons. The van der Waals surface area contributed by atoms with Crippen molar-refractivity contribution in [2.45, 2.75) is 20.0 Å². The molecule has 1 aliphatic rings. The van der Waals surface area contributed by atoms with Gasteiger partial charge in [-0.3, -0.25) is 9.69 Å². The lowest BCUT2D eigenvalue weighted by atomic mass is 10.2. The minimum atomic E-state index is -2.94. The highest BCUT2D eigenvalue weighted by Crippen LogP contribution is 2.26. The summed E-state index contributed by atoms with van der Waals surface area (Å²) in [5.41, 5.74) is 0.987. The molecule has 0 atom stereocenters. The van der Waals surface area contributed by atoms with Crippen LogP contribution in [0.15, 0.2) is 53.5 Å². The number of benzene rings is 2. The van der Waals surface area contributed by atoms with Crippen molar-refractivity contribution in [3.8, 4) is 11.5 Å². The zero-order valence-corrected chi connectivity index (χ0v) is 16.1. The Morgan fingerprint density at radius 2 is 2.00 bits per heavy atom. The van der Waals surface area contributed by atoms with Crippen molar-refractivity contribution in [1.29, 1.82) is 0 Å². The maximum Gasteiger partial charge on any atom is 0.387 e. The molecule has 1 heterocycles. The van der Waals surface area contributed by atoms with Crippen LogP contribution < -0.4 is 9.47 Å². The first-order valence-electron chi connectivity index (χ1n) is 8.88. The van der Waals surface area contributed by atoms with Crippen molar-refractivity contribution in [3.05, 3.63) is 54.1 Å². The van der Waals surface area contributed by atoms with E-state index in [4.69, 9.17) is 4.74 Å². The van der Waals surface area contributed by atoms with Crippen LogP contribution in [-0.4, -0.2) is 41.5 Å². The molecule has 1 fully saturated rings. The number of hydrogen-bond donors (Lipinski definition) is 0. The standard InChI is InChI=1S/C20H20F2N2O3S/c1-2-26-16-9-7-15(8-10-16)23-20-24(11-4-12-28-20)18(25)14-5-3-6-17(13-14)27-19(21)22/h3,5-10,13,19H,2,4,11-12H2,1H3. The summed E-state index contributed by atoms with van der Waals surface area (Å²) in [6, 6.07) is 13.1. The Kier molecular flexibility index (Phi) is 6.86.